The average Bonchev–Trinajstić information content (AvgIpc) is 2.52. The van der Waals surface area contributed by atoms with Crippen LogP contribution in [0, 0.1) is 0 Å². The highest BCUT2D eigenvalue weighted by Crippen LogP contribution is 2.44. The summed E-state index contributed by atoms with van der Waals surface area (Å²) in [6, 6.07) is 8.30. The third-order valence-corrected chi connectivity index (χ3v) is 5.04. The van der Waals surface area contributed by atoms with Gasteiger partial charge in [0.1, 0.15) is 0 Å². The van der Waals surface area contributed by atoms with Crippen molar-refractivity contribution in [3.05, 3.63) is 35.4 Å². The number of unbranched alkanes of at least 4 members (excludes halogenated alkanes) is 1. The molecule has 3 nitrogen and oxygen atoms in total. The van der Waals surface area contributed by atoms with Gasteiger partial charge in [0.05, 0.1) is 5.41 Å². The molecule has 0 N–H and O–H groups in total. The summed E-state index contributed by atoms with van der Waals surface area (Å²) in [5, 5.41) is 0. The second-order valence-electron chi connectivity index (χ2n) is 6.30. The molecular formula is C18H23NO2. The molecule has 1 spiro atoms. The summed E-state index contributed by atoms with van der Waals surface area (Å²) in [5.74, 6) is 0.0708. The zero-order valence-electron chi connectivity index (χ0n) is 12.7. The van der Waals surface area contributed by atoms with Crippen LogP contribution in [-0.2, 0) is 21.4 Å². The lowest BCUT2D eigenvalue weighted by atomic mass is 9.65. The summed E-state index contributed by atoms with van der Waals surface area (Å²) >= 11 is 0. The van der Waals surface area contributed by atoms with Gasteiger partial charge in [0, 0.05) is 13.0 Å². The number of amides is 2. The van der Waals surface area contributed by atoms with Gasteiger partial charge >= 0.3 is 0 Å². The first-order valence-corrected chi connectivity index (χ1v) is 8.12. The zero-order valence-corrected chi connectivity index (χ0v) is 12.7. The number of hydrogen-bond donors (Lipinski definition) is 0. The van der Waals surface area contributed by atoms with Crippen LogP contribution >= 0.6 is 0 Å². The van der Waals surface area contributed by atoms with E-state index >= 15 is 0 Å². The minimum absolute atomic E-state index is 0.0159. The van der Waals surface area contributed by atoms with Crippen LogP contribution in [0.5, 0.6) is 0 Å². The zero-order chi connectivity index (χ0) is 14.9. The third-order valence-electron chi connectivity index (χ3n) is 5.04. The molecule has 1 aromatic carbocycles. The van der Waals surface area contributed by atoms with Crippen LogP contribution in [0.2, 0.25) is 0 Å². The first-order valence-electron chi connectivity index (χ1n) is 8.12. The maximum atomic E-state index is 13.1. The van der Waals surface area contributed by atoms with Crippen molar-refractivity contribution in [2.75, 3.05) is 6.54 Å². The van der Waals surface area contributed by atoms with Crippen LogP contribution < -0.4 is 0 Å². The highest BCUT2D eigenvalue weighted by Gasteiger charge is 2.49. The quantitative estimate of drug-likeness (QED) is 0.800. The molecule has 21 heavy (non-hydrogen) atoms. The Kier molecular flexibility index (Phi) is 3.83. The van der Waals surface area contributed by atoms with Gasteiger partial charge in [-0.1, -0.05) is 37.6 Å². The molecule has 1 fully saturated rings. The molecule has 3 rings (SSSR count). The Morgan fingerprint density at radius 1 is 1.14 bits per heavy atom. The molecule has 1 saturated heterocycles. The van der Waals surface area contributed by atoms with E-state index in [9.17, 15) is 9.59 Å². The fraction of sp³-hybridized carbons (Fsp3) is 0.556. The minimum Gasteiger partial charge on any atom is -0.282 e. The van der Waals surface area contributed by atoms with E-state index < -0.39 is 5.41 Å². The molecule has 1 aliphatic heterocycles. The number of fused-ring (bicyclic) bond motifs is 2. The highest BCUT2D eigenvalue weighted by atomic mass is 16.2. The number of aryl methyl sites for hydroxylation is 1. The van der Waals surface area contributed by atoms with Crippen LogP contribution in [0.25, 0.3) is 0 Å². The summed E-state index contributed by atoms with van der Waals surface area (Å²) in [4.78, 5) is 26.8. The Labute approximate surface area is 126 Å². The van der Waals surface area contributed by atoms with Crippen molar-refractivity contribution in [3.8, 4) is 0 Å². The van der Waals surface area contributed by atoms with Gasteiger partial charge in [-0.25, -0.2) is 0 Å². The Hall–Kier alpha value is -1.64. The minimum atomic E-state index is -0.434. The summed E-state index contributed by atoms with van der Waals surface area (Å²) in [7, 11) is 0. The predicted octanol–water partition coefficient (Wildman–Crippen LogP) is 3.21. The molecule has 0 bridgehead atoms. The molecule has 2 aliphatic rings. The molecule has 1 aromatic rings. The molecular weight excluding hydrogens is 262 g/mol. The Morgan fingerprint density at radius 3 is 2.76 bits per heavy atom. The molecule has 1 atom stereocenters. The van der Waals surface area contributed by atoms with E-state index in [-0.39, 0.29) is 11.8 Å². The molecule has 1 heterocycles. The van der Waals surface area contributed by atoms with Crippen LogP contribution in [0.15, 0.2) is 24.3 Å². The van der Waals surface area contributed by atoms with Crippen LogP contribution in [-0.4, -0.2) is 23.3 Å². The van der Waals surface area contributed by atoms with Gasteiger partial charge in [-0.3, -0.25) is 14.5 Å². The van der Waals surface area contributed by atoms with E-state index in [0.29, 0.717) is 19.4 Å². The standard InChI is InChI=1S/C18H23NO2/c1-2-3-13-19-16(20)10-12-18(17(19)21)11-6-8-14-7-4-5-9-15(14)18/h4-5,7,9H,2-3,6,8,10-13H2,1H3. The van der Waals surface area contributed by atoms with E-state index in [1.165, 1.54) is 16.0 Å². The van der Waals surface area contributed by atoms with E-state index in [2.05, 4.69) is 19.1 Å². The number of carbonyl (C=O) groups is 2. The Balaban J connectivity index is 1.98. The second kappa shape index (κ2) is 5.63. The van der Waals surface area contributed by atoms with Crippen molar-refractivity contribution >= 4 is 11.8 Å². The van der Waals surface area contributed by atoms with E-state index in [1.54, 1.807) is 0 Å². The molecule has 112 valence electrons. The number of carbonyl (C=O) groups excluding carboxylic acids is 2. The smallest absolute Gasteiger partial charge is 0.239 e. The number of hydrogen-bond acceptors (Lipinski definition) is 2. The summed E-state index contributed by atoms with van der Waals surface area (Å²) in [6.45, 7) is 2.67. The number of imide groups is 1. The van der Waals surface area contributed by atoms with Crippen molar-refractivity contribution < 1.29 is 9.59 Å². The molecule has 2 amide bonds. The van der Waals surface area contributed by atoms with Gasteiger partial charge in [0.2, 0.25) is 11.8 Å². The first-order chi connectivity index (χ1) is 10.2. The van der Waals surface area contributed by atoms with E-state index in [1.807, 2.05) is 12.1 Å². The van der Waals surface area contributed by atoms with Gasteiger partial charge in [-0.15, -0.1) is 0 Å². The number of rotatable bonds is 3. The number of nitrogens with zero attached hydrogens (tertiary/aromatic N) is 1. The Bertz CT molecular complexity index is 566. The van der Waals surface area contributed by atoms with Crippen molar-refractivity contribution in [3.63, 3.8) is 0 Å². The topological polar surface area (TPSA) is 37.4 Å². The van der Waals surface area contributed by atoms with E-state index in [0.717, 1.165) is 32.1 Å². The van der Waals surface area contributed by atoms with Gasteiger partial charge in [-0.2, -0.15) is 0 Å². The summed E-state index contributed by atoms with van der Waals surface area (Å²) < 4.78 is 0. The lowest BCUT2D eigenvalue weighted by Crippen LogP contribution is -2.55. The normalized spacial score (nSPS) is 25.3. The van der Waals surface area contributed by atoms with E-state index in [4.69, 9.17) is 0 Å². The number of piperidine rings is 1. The lowest BCUT2D eigenvalue weighted by molar-refractivity contribution is -0.154. The molecule has 1 aliphatic carbocycles. The highest BCUT2D eigenvalue weighted by molar-refractivity contribution is 6.03. The van der Waals surface area contributed by atoms with Crippen LogP contribution in [0.4, 0.5) is 0 Å². The van der Waals surface area contributed by atoms with Gasteiger partial charge in [0.25, 0.3) is 0 Å². The molecule has 3 heteroatoms. The second-order valence-corrected chi connectivity index (χ2v) is 6.30. The number of likely N-dealkylation sites (tertiary alicyclic amines) is 1. The maximum absolute atomic E-state index is 13.1. The van der Waals surface area contributed by atoms with Crippen molar-refractivity contribution in [1.29, 1.82) is 0 Å². The monoisotopic (exact) mass is 285 g/mol. The summed E-state index contributed by atoms with van der Waals surface area (Å²) in [5.41, 5.74) is 2.04. The molecule has 1 unspecified atom stereocenters. The third kappa shape index (κ3) is 2.29. The Morgan fingerprint density at radius 2 is 1.95 bits per heavy atom. The summed E-state index contributed by atoms with van der Waals surface area (Å²) in [6.07, 6.45) is 6.06. The lowest BCUT2D eigenvalue weighted by Gasteiger charge is -2.44. The van der Waals surface area contributed by atoms with Crippen LogP contribution in [0.3, 0.4) is 0 Å². The van der Waals surface area contributed by atoms with Gasteiger partial charge in [-0.05, 0) is 43.2 Å². The molecule has 0 saturated carbocycles. The predicted molar refractivity (Wildman–Crippen MR) is 81.9 cm³/mol. The fourth-order valence-corrected chi connectivity index (χ4v) is 3.88. The SMILES string of the molecule is CCCCN1C(=O)CCC2(CCCc3ccccc32)C1=O. The average molecular weight is 285 g/mol. The molecule has 0 aromatic heterocycles. The van der Waals surface area contributed by atoms with Gasteiger partial charge < -0.3 is 0 Å². The van der Waals surface area contributed by atoms with Crippen molar-refractivity contribution in [2.45, 2.75) is 57.3 Å². The van der Waals surface area contributed by atoms with Crippen molar-refractivity contribution in [2.24, 2.45) is 0 Å². The fourth-order valence-electron chi connectivity index (χ4n) is 3.88. The number of benzene rings is 1. The maximum Gasteiger partial charge on any atom is 0.239 e. The largest absolute Gasteiger partial charge is 0.282 e. The molecule has 0 radical (unpaired) electrons. The van der Waals surface area contributed by atoms with Gasteiger partial charge in [0.15, 0.2) is 0 Å². The first kappa shape index (κ1) is 14.3. The van der Waals surface area contributed by atoms with Crippen molar-refractivity contribution in [1.82, 2.24) is 4.90 Å². The van der Waals surface area contributed by atoms with Crippen LogP contribution in [0.1, 0.15) is 56.6 Å².